The second kappa shape index (κ2) is 5.93. The van der Waals surface area contributed by atoms with Crippen LogP contribution in [0.1, 0.15) is 16.1 Å². The Bertz CT molecular complexity index is 1010. The fraction of sp³-hybridized carbons (Fsp3) is 0.118. The zero-order valence-corrected chi connectivity index (χ0v) is 13.7. The Morgan fingerprint density at radius 2 is 2.21 bits per heavy atom. The van der Waals surface area contributed by atoms with Crippen molar-refractivity contribution >= 4 is 27.5 Å². The summed E-state index contributed by atoms with van der Waals surface area (Å²) < 4.78 is 8.51. The van der Waals surface area contributed by atoms with Crippen molar-refractivity contribution in [2.24, 2.45) is 7.05 Å². The predicted molar refractivity (Wildman–Crippen MR) is 91.7 cm³/mol. The zero-order valence-electron chi connectivity index (χ0n) is 12.9. The molecule has 0 radical (unpaired) electrons. The van der Waals surface area contributed by atoms with Crippen LogP contribution in [0.5, 0.6) is 0 Å². The molecule has 4 aromatic rings. The maximum absolute atomic E-state index is 12.3. The molecule has 3 heterocycles. The van der Waals surface area contributed by atoms with Crippen LogP contribution in [0.4, 0.5) is 0 Å². The van der Waals surface area contributed by atoms with Gasteiger partial charge in [0.15, 0.2) is 5.76 Å². The van der Waals surface area contributed by atoms with E-state index in [0.717, 1.165) is 21.7 Å². The second-order valence-electron chi connectivity index (χ2n) is 5.32. The van der Waals surface area contributed by atoms with E-state index in [1.165, 1.54) is 11.3 Å². The van der Waals surface area contributed by atoms with Crippen LogP contribution < -0.4 is 5.32 Å². The minimum atomic E-state index is -0.135. The maximum Gasteiger partial charge on any atom is 0.251 e. The molecule has 1 aromatic carbocycles. The van der Waals surface area contributed by atoms with E-state index in [-0.39, 0.29) is 5.91 Å². The molecule has 0 fully saturated rings. The number of furan rings is 1. The summed E-state index contributed by atoms with van der Waals surface area (Å²) in [4.78, 5) is 16.5. The van der Waals surface area contributed by atoms with Crippen LogP contribution in [0.15, 0.2) is 52.5 Å². The molecule has 1 amide bonds. The van der Waals surface area contributed by atoms with Gasteiger partial charge in [-0.3, -0.25) is 9.48 Å². The van der Waals surface area contributed by atoms with Crippen molar-refractivity contribution < 1.29 is 9.21 Å². The molecule has 0 aliphatic rings. The van der Waals surface area contributed by atoms with Crippen molar-refractivity contribution in [3.05, 3.63) is 59.4 Å². The summed E-state index contributed by atoms with van der Waals surface area (Å²) in [5.41, 5.74) is 4.19. The molecular formula is C17H14N4O2S. The summed E-state index contributed by atoms with van der Waals surface area (Å²) in [6.07, 6.45) is 1.72. The first kappa shape index (κ1) is 14.6. The monoisotopic (exact) mass is 338 g/mol. The third kappa shape index (κ3) is 2.69. The van der Waals surface area contributed by atoms with Crippen molar-refractivity contribution in [3.63, 3.8) is 0 Å². The first-order valence-corrected chi connectivity index (χ1v) is 8.27. The van der Waals surface area contributed by atoms with E-state index in [1.807, 2.05) is 37.4 Å². The van der Waals surface area contributed by atoms with Gasteiger partial charge in [0.05, 0.1) is 22.3 Å². The predicted octanol–water partition coefficient (Wildman–Crippen LogP) is 3.22. The lowest BCUT2D eigenvalue weighted by Gasteiger charge is -2.03. The van der Waals surface area contributed by atoms with Gasteiger partial charge < -0.3 is 9.73 Å². The van der Waals surface area contributed by atoms with Gasteiger partial charge in [-0.2, -0.15) is 5.10 Å². The second-order valence-corrected chi connectivity index (χ2v) is 6.21. The van der Waals surface area contributed by atoms with E-state index in [1.54, 1.807) is 22.5 Å². The Kier molecular flexibility index (Phi) is 3.62. The summed E-state index contributed by atoms with van der Waals surface area (Å²) >= 11 is 1.52. The number of hydrogen-bond acceptors (Lipinski definition) is 5. The van der Waals surface area contributed by atoms with Crippen LogP contribution in [0.3, 0.4) is 0 Å². The van der Waals surface area contributed by atoms with Crippen LogP contribution in [-0.4, -0.2) is 20.7 Å². The van der Waals surface area contributed by atoms with Gasteiger partial charge in [-0.25, -0.2) is 4.98 Å². The molecule has 0 spiro atoms. The Morgan fingerprint density at radius 1 is 1.29 bits per heavy atom. The Labute approximate surface area is 141 Å². The average Bonchev–Trinajstić information content (AvgIpc) is 3.31. The number of thiazole rings is 1. The van der Waals surface area contributed by atoms with Crippen molar-refractivity contribution in [1.29, 1.82) is 0 Å². The fourth-order valence-corrected chi connectivity index (χ4v) is 3.21. The molecule has 0 saturated carbocycles. The third-order valence-electron chi connectivity index (χ3n) is 3.75. The summed E-state index contributed by atoms with van der Waals surface area (Å²) in [5, 5.41) is 6.99. The number of nitrogens with one attached hydrogen (secondary N) is 1. The number of carbonyl (C=O) groups is 1. The molecule has 0 aliphatic carbocycles. The lowest BCUT2D eigenvalue weighted by atomic mass is 10.2. The Balaban J connectivity index is 1.45. The number of aromatic nitrogens is 3. The highest BCUT2D eigenvalue weighted by atomic mass is 32.1. The van der Waals surface area contributed by atoms with E-state index in [2.05, 4.69) is 15.4 Å². The van der Waals surface area contributed by atoms with Crippen LogP contribution >= 0.6 is 11.3 Å². The molecular weight excluding hydrogens is 324 g/mol. The number of nitrogens with zero attached hydrogens (tertiary/aromatic N) is 3. The van der Waals surface area contributed by atoms with Crippen molar-refractivity contribution in [2.45, 2.75) is 6.54 Å². The highest BCUT2D eigenvalue weighted by molar-refractivity contribution is 7.16. The van der Waals surface area contributed by atoms with Gasteiger partial charge in [-0.15, -0.1) is 11.3 Å². The van der Waals surface area contributed by atoms with Gasteiger partial charge in [-0.1, -0.05) is 0 Å². The number of benzene rings is 1. The lowest BCUT2D eigenvalue weighted by molar-refractivity contribution is 0.0948. The van der Waals surface area contributed by atoms with Gasteiger partial charge >= 0.3 is 0 Å². The average molecular weight is 338 g/mol. The molecule has 4 rings (SSSR count). The largest absolute Gasteiger partial charge is 0.458 e. The number of aryl methyl sites for hydroxylation is 1. The first-order chi connectivity index (χ1) is 11.7. The maximum atomic E-state index is 12.3. The van der Waals surface area contributed by atoms with Crippen LogP contribution in [0.2, 0.25) is 0 Å². The minimum Gasteiger partial charge on any atom is -0.458 e. The molecule has 0 atom stereocenters. The zero-order chi connectivity index (χ0) is 16.5. The summed E-state index contributed by atoms with van der Waals surface area (Å²) in [7, 11) is 1.86. The fourth-order valence-electron chi connectivity index (χ4n) is 2.49. The van der Waals surface area contributed by atoms with Gasteiger partial charge in [0.25, 0.3) is 5.91 Å². The molecule has 120 valence electrons. The Hall–Kier alpha value is -2.93. The topological polar surface area (TPSA) is 73.0 Å². The standard InChI is InChI=1S/C17H14N4O2S/c1-21-14(6-7-20-21)15-5-3-12(23-15)9-18-17(22)11-2-4-13-16(8-11)24-10-19-13/h2-8,10H,9H2,1H3,(H,18,22). The highest BCUT2D eigenvalue weighted by Gasteiger charge is 2.11. The van der Waals surface area contributed by atoms with Crippen LogP contribution in [0.25, 0.3) is 21.7 Å². The quantitative estimate of drug-likeness (QED) is 0.620. The number of hydrogen-bond donors (Lipinski definition) is 1. The molecule has 1 N–H and O–H groups in total. The minimum absolute atomic E-state index is 0.135. The van der Waals surface area contributed by atoms with Crippen molar-refractivity contribution in [1.82, 2.24) is 20.1 Å². The van der Waals surface area contributed by atoms with Crippen molar-refractivity contribution in [2.75, 3.05) is 0 Å². The van der Waals surface area contributed by atoms with E-state index in [4.69, 9.17) is 4.42 Å². The smallest absolute Gasteiger partial charge is 0.251 e. The highest BCUT2D eigenvalue weighted by Crippen LogP contribution is 2.22. The molecule has 0 unspecified atom stereocenters. The summed E-state index contributed by atoms with van der Waals surface area (Å²) in [6, 6.07) is 11.1. The Morgan fingerprint density at radius 3 is 3.04 bits per heavy atom. The SMILES string of the molecule is Cn1nccc1-c1ccc(CNC(=O)c2ccc3ncsc3c2)o1. The van der Waals surface area contributed by atoms with Crippen LogP contribution in [0, 0.1) is 0 Å². The van der Waals surface area contributed by atoms with Gasteiger partial charge in [0.2, 0.25) is 0 Å². The lowest BCUT2D eigenvalue weighted by Crippen LogP contribution is -2.22. The van der Waals surface area contributed by atoms with Crippen LogP contribution in [-0.2, 0) is 13.6 Å². The normalized spacial score (nSPS) is 11.0. The number of carbonyl (C=O) groups excluding carboxylic acids is 1. The van der Waals surface area contributed by atoms with E-state index in [0.29, 0.717) is 17.9 Å². The molecule has 0 saturated heterocycles. The van der Waals surface area contributed by atoms with Gasteiger partial charge in [-0.05, 0) is 36.4 Å². The van der Waals surface area contributed by atoms with E-state index >= 15 is 0 Å². The summed E-state index contributed by atoms with van der Waals surface area (Å²) in [6.45, 7) is 0.331. The molecule has 24 heavy (non-hydrogen) atoms. The van der Waals surface area contributed by atoms with E-state index < -0.39 is 0 Å². The molecule has 0 aliphatic heterocycles. The van der Waals surface area contributed by atoms with E-state index in [9.17, 15) is 4.79 Å². The molecule has 6 nitrogen and oxygen atoms in total. The number of fused-ring (bicyclic) bond motifs is 1. The summed E-state index contributed by atoms with van der Waals surface area (Å²) in [5.74, 6) is 1.28. The number of amides is 1. The van der Waals surface area contributed by atoms with Gasteiger partial charge in [0, 0.05) is 18.8 Å². The van der Waals surface area contributed by atoms with Gasteiger partial charge in [0.1, 0.15) is 11.5 Å². The molecule has 0 bridgehead atoms. The molecule has 7 heteroatoms. The number of rotatable bonds is 4. The van der Waals surface area contributed by atoms with Crippen molar-refractivity contribution in [3.8, 4) is 11.5 Å². The molecule has 3 aromatic heterocycles. The third-order valence-corrected chi connectivity index (χ3v) is 4.54. The first-order valence-electron chi connectivity index (χ1n) is 7.39.